The van der Waals surface area contributed by atoms with Crippen LogP contribution in [-0.4, -0.2) is 77.8 Å². The molecule has 0 saturated carbocycles. The van der Waals surface area contributed by atoms with Gasteiger partial charge < -0.3 is 14.4 Å². The van der Waals surface area contributed by atoms with E-state index in [0.717, 1.165) is 6.42 Å². The Hall–Kier alpha value is -3.08. The molecule has 2 aromatic rings. The first-order valence-electron chi connectivity index (χ1n) is 10.9. The second-order valence-corrected chi connectivity index (χ2v) is 9.45. The summed E-state index contributed by atoms with van der Waals surface area (Å²) >= 11 is 5.49. The number of aromatic nitrogens is 4. The molecule has 0 aliphatic carbocycles. The Bertz CT molecular complexity index is 988. The molecule has 0 N–H and O–H groups in total. The van der Waals surface area contributed by atoms with Crippen LogP contribution in [0.3, 0.4) is 0 Å². The van der Waals surface area contributed by atoms with Crippen molar-refractivity contribution >= 4 is 29.3 Å². The Kier molecular flexibility index (Phi) is 7.62. The molecule has 1 aromatic carbocycles. The van der Waals surface area contributed by atoms with Gasteiger partial charge in [-0.25, -0.2) is 4.79 Å². The summed E-state index contributed by atoms with van der Waals surface area (Å²) in [6, 6.07) is 8.68. The lowest BCUT2D eigenvalue weighted by molar-refractivity contribution is -0.124. The molecular weight excluding hydrogens is 444 g/mol. The van der Waals surface area contributed by atoms with Gasteiger partial charge in [0.05, 0.1) is 18.3 Å². The molecule has 1 aromatic heterocycles. The fraction of sp³-hybridized carbons (Fsp3) is 0.545. The van der Waals surface area contributed by atoms with Gasteiger partial charge in [0.15, 0.2) is 5.78 Å². The molecule has 11 heteroatoms. The lowest BCUT2D eigenvalue weighted by Crippen LogP contribution is -2.49. The van der Waals surface area contributed by atoms with Crippen LogP contribution in [0.4, 0.5) is 4.79 Å². The highest BCUT2D eigenvalue weighted by molar-refractivity contribution is 7.80. The first-order chi connectivity index (χ1) is 15.6. The topological polar surface area (TPSA) is 103 Å². The second-order valence-electron chi connectivity index (χ2n) is 9.10. The molecule has 1 aliphatic rings. The first-order valence-corrected chi connectivity index (χ1v) is 11.3. The van der Waals surface area contributed by atoms with E-state index < -0.39 is 17.7 Å². The van der Waals surface area contributed by atoms with Crippen molar-refractivity contribution < 1.29 is 19.1 Å². The van der Waals surface area contributed by atoms with Gasteiger partial charge in [-0.05, 0) is 82.2 Å². The highest BCUT2D eigenvalue weighted by Gasteiger charge is 2.37. The van der Waals surface area contributed by atoms with Crippen LogP contribution in [0.15, 0.2) is 30.3 Å². The van der Waals surface area contributed by atoms with Crippen LogP contribution in [0, 0.1) is 0 Å². The van der Waals surface area contributed by atoms with E-state index in [9.17, 15) is 9.59 Å². The minimum absolute atomic E-state index is 0.00658. The Morgan fingerprint density at radius 1 is 1.24 bits per heavy atom. The van der Waals surface area contributed by atoms with Crippen molar-refractivity contribution in [3.63, 3.8) is 0 Å². The highest BCUT2D eigenvalue weighted by Crippen LogP contribution is 2.22. The van der Waals surface area contributed by atoms with Crippen molar-refractivity contribution in [2.75, 3.05) is 13.1 Å². The summed E-state index contributed by atoms with van der Waals surface area (Å²) in [6.45, 7) is 9.70. The number of likely N-dealkylation sites (tertiary alicyclic amines) is 1. The van der Waals surface area contributed by atoms with Crippen LogP contribution < -0.4 is 4.74 Å². The normalized spacial score (nSPS) is 16.1. The summed E-state index contributed by atoms with van der Waals surface area (Å²) in [6.07, 6.45) is 0.851. The molecule has 1 saturated heterocycles. The lowest BCUT2D eigenvalue weighted by atomic mass is 10.1. The van der Waals surface area contributed by atoms with E-state index in [-0.39, 0.29) is 29.6 Å². The number of carbonyl (C=O) groups excluding carboxylic acids is 2. The number of nitrogens with zero attached hydrogens (tertiary/aromatic N) is 6. The largest absolute Gasteiger partial charge is 0.444 e. The fourth-order valence-corrected chi connectivity index (χ4v) is 3.83. The Balaban J connectivity index is 1.70. The van der Waals surface area contributed by atoms with Crippen LogP contribution in [-0.2, 0) is 9.53 Å². The van der Waals surface area contributed by atoms with Crippen LogP contribution in [0.5, 0.6) is 6.01 Å². The number of amides is 1. The van der Waals surface area contributed by atoms with Crippen LogP contribution >= 0.6 is 12.2 Å². The molecule has 2 heterocycles. The number of ether oxygens (including phenoxy) is 2. The van der Waals surface area contributed by atoms with Gasteiger partial charge in [0.2, 0.25) is 0 Å². The molecule has 33 heavy (non-hydrogen) atoms. The summed E-state index contributed by atoms with van der Waals surface area (Å²) in [5.41, 5.74) is 0.0847. The van der Waals surface area contributed by atoms with E-state index in [1.165, 1.54) is 9.58 Å². The molecule has 178 valence electrons. The van der Waals surface area contributed by atoms with Crippen molar-refractivity contribution in [1.82, 2.24) is 30.0 Å². The minimum Gasteiger partial charge on any atom is -0.444 e. The number of Topliss-reactive ketones (excluding diaryl/α,β-unsaturated/α-hetero) is 1. The van der Waals surface area contributed by atoms with E-state index in [1.54, 1.807) is 25.7 Å². The van der Waals surface area contributed by atoms with Crippen molar-refractivity contribution in [3.8, 4) is 11.7 Å². The van der Waals surface area contributed by atoms with Gasteiger partial charge in [-0.3, -0.25) is 9.69 Å². The highest BCUT2D eigenvalue weighted by atomic mass is 32.1. The molecule has 3 rings (SSSR count). The number of carbonyl (C=O) groups is 2. The van der Waals surface area contributed by atoms with Crippen molar-refractivity contribution in [3.05, 3.63) is 30.3 Å². The number of para-hydroxylation sites is 1. The molecular formula is C22H30N6O4S. The summed E-state index contributed by atoms with van der Waals surface area (Å²) in [5.74, 6) is -0.124. The maximum atomic E-state index is 13.2. The number of ketones is 1. The van der Waals surface area contributed by atoms with E-state index in [2.05, 4.69) is 15.5 Å². The molecule has 0 radical (unpaired) electrons. The van der Waals surface area contributed by atoms with Crippen molar-refractivity contribution in [2.24, 2.45) is 0 Å². The van der Waals surface area contributed by atoms with E-state index in [1.807, 2.05) is 44.2 Å². The standard InChI is InChI=1S/C22H30N6O4S/c1-15(2)27(14-18(29)17-12-9-13-26(17)20(30)32-22(3,4)5)21(33)31-19-23-24-25-28(19)16-10-7-6-8-11-16/h6-8,10-11,15,17H,9,12-14H2,1-5H3/t17-/m0/s1. The third kappa shape index (κ3) is 6.25. The van der Waals surface area contributed by atoms with Gasteiger partial charge in [-0.15, -0.1) is 0 Å². The van der Waals surface area contributed by atoms with E-state index in [4.69, 9.17) is 21.7 Å². The molecule has 1 aliphatic heterocycles. The van der Waals surface area contributed by atoms with Crippen LogP contribution in [0.2, 0.25) is 0 Å². The van der Waals surface area contributed by atoms with E-state index >= 15 is 0 Å². The zero-order valence-corrected chi connectivity index (χ0v) is 20.4. The Morgan fingerprint density at radius 2 is 1.94 bits per heavy atom. The van der Waals surface area contributed by atoms with Gasteiger partial charge in [0, 0.05) is 12.6 Å². The van der Waals surface area contributed by atoms with Gasteiger partial charge in [0.25, 0.3) is 5.17 Å². The molecule has 0 spiro atoms. The maximum Gasteiger partial charge on any atom is 0.410 e. The Labute approximate surface area is 198 Å². The molecule has 1 amide bonds. The predicted octanol–water partition coefficient (Wildman–Crippen LogP) is 3.01. The number of thiocarbonyl (C=S) groups is 1. The van der Waals surface area contributed by atoms with Gasteiger partial charge in [-0.2, -0.15) is 4.68 Å². The van der Waals surface area contributed by atoms with Gasteiger partial charge in [-0.1, -0.05) is 23.3 Å². The predicted molar refractivity (Wildman–Crippen MR) is 125 cm³/mol. The molecule has 0 bridgehead atoms. The van der Waals surface area contributed by atoms with Crippen molar-refractivity contribution in [2.45, 2.75) is 65.1 Å². The average molecular weight is 475 g/mol. The first kappa shape index (κ1) is 24.6. The fourth-order valence-electron chi connectivity index (χ4n) is 3.48. The van der Waals surface area contributed by atoms with Crippen LogP contribution in [0.25, 0.3) is 5.69 Å². The zero-order chi connectivity index (χ0) is 24.2. The van der Waals surface area contributed by atoms with Gasteiger partial charge >= 0.3 is 12.1 Å². The molecule has 10 nitrogen and oxygen atoms in total. The second kappa shape index (κ2) is 10.2. The smallest absolute Gasteiger partial charge is 0.410 e. The molecule has 0 unspecified atom stereocenters. The quantitative estimate of drug-likeness (QED) is 0.585. The SMILES string of the molecule is CC(C)N(CC(=O)[C@@H]1CCCN1C(=O)OC(C)(C)C)C(=S)Oc1nnnn1-c1ccccc1. The monoisotopic (exact) mass is 474 g/mol. The van der Waals surface area contributed by atoms with Gasteiger partial charge in [0.1, 0.15) is 5.60 Å². The Morgan fingerprint density at radius 3 is 2.58 bits per heavy atom. The molecule has 1 fully saturated rings. The summed E-state index contributed by atoms with van der Waals surface area (Å²) in [7, 11) is 0. The third-order valence-electron chi connectivity index (χ3n) is 5.06. The van der Waals surface area contributed by atoms with Crippen molar-refractivity contribution in [1.29, 1.82) is 0 Å². The minimum atomic E-state index is -0.630. The summed E-state index contributed by atoms with van der Waals surface area (Å²) in [5, 5.41) is 11.6. The zero-order valence-electron chi connectivity index (χ0n) is 19.6. The number of hydrogen-bond donors (Lipinski definition) is 0. The summed E-state index contributed by atoms with van der Waals surface area (Å²) in [4.78, 5) is 28.9. The summed E-state index contributed by atoms with van der Waals surface area (Å²) < 4.78 is 12.7. The maximum absolute atomic E-state index is 13.2. The number of rotatable bonds is 6. The lowest BCUT2D eigenvalue weighted by Gasteiger charge is -2.31. The third-order valence-corrected chi connectivity index (χ3v) is 5.37. The van der Waals surface area contributed by atoms with E-state index in [0.29, 0.717) is 18.7 Å². The number of benzene rings is 1. The number of hydrogen-bond acceptors (Lipinski definition) is 8. The number of tetrazole rings is 1. The molecule has 1 atom stereocenters. The van der Waals surface area contributed by atoms with Crippen LogP contribution in [0.1, 0.15) is 47.5 Å². The average Bonchev–Trinajstić information content (AvgIpc) is 3.40.